The summed E-state index contributed by atoms with van der Waals surface area (Å²) in [4.78, 5) is 29.0. The van der Waals surface area contributed by atoms with Crippen molar-refractivity contribution in [1.29, 1.82) is 0 Å². The number of likely N-dealkylation sites (tertiary alicyclic amines) is 2. The highest BCUT2D eigenvalue weighted by Crippen LogP contribution is 2.37. The minimum absolute atomic E-state index is 0.0981. The van der Waals surface area contributed by atoms with Gasteiger partial charge in [-0.3, -0.25) is 9.59 Å². The average Bonchev–Trinajstić information content (AvgIpc) is 3.46. The molecule has 30 heavy (non-hydrogen) atoms. The Morgan fingerprint density at radius 2 is 1.37 bits per heavy atom. The Labute approximate surface area is 177 Å². The van der Waals surface area contributed by atoms with Crippen LogP contribution in [-0.4, -0.2) is 59.9 Å². The van der Waals surface area contributed by atoms with E-state index in [9.17, 15) is 9.59 Å². The smallest absolute Gasteiger partial charge is 0.241 e. The second-order valence-electron chi connectivity index (χ2n) is 8.10. The van der Waals surface area contributed by atoms with Gasteiger partial charge in [-0.1, -0.05) is 12.0 Å². The first-order valence-electron chi connectivity index (χ1n) is 10.5. The monoisotopic (exact) mass is 412 g/mol. The minimum Gasteiger partial charge on any atom is -0.334 e. The SMILES string of the molecule is C#Cc1cc(C2CCCN2C(=O)C(N)CN)cc(C2CCCN2C(=O)C(N)CN)c1. The van der Waals surface area contributed by atoms with Crippen molar-refractivity contribution in [3.05, 3.63) is 34.9 Å². The van der Waals surface area contributed by atoms with Gasteiger partial charge in [0.15, 0.2) is 0 Å². The zero-order chi connectivity index (χ0) is 21.8. The summed E-state index contributed by atoms with van der Waals surface area (Å²) in [6.45, 7) is 1.51. The predicted molar refractivity (Wildman–Crippen MR) is 116 cm³/mol. The topological polar surface area (TPSA) is 145 Å². The van der Waals surface area contributed by atoms with E-state index < -0.39 is 12.1 Å². The van der Waals surface area contributed by atoms with Gasteiger partial charge < -0.3 is 32.7 Å². The number of carbonyl (C=O) groups is 2. The zero-order valence-electron chi connectivity index (χ0n) is 17.3. The van der Waals surface area contributed by atoms with Crippen LogP contribution in [0.3, 0.4) is 0 Å². The molecule has 8 N–H and O–H groups in total. The summed E-state index contributed by atoms with van der Waals surface area (Å²) in [6, 6.07) is 4.34. The van der Waals surface area contributed by atoms with Crippen LogP contribution in [-0.2, 0) is 9.59 Å². The van der Waals surface area contributed by atoms with Crippen molar-refractivity contribution in [2.45, 2.75) is 49.9 Å². The highest BCUT2D eigenvalue weighted by molar-refractivity contribution is 5.83. The molecule has 0 spiro atoms. The Bertz CT molecular complexity index is 777. The Morgan fingerprint density at radius 1 is 0.933 bits per heavy atom. The molecule has 4 unspecified atom stereocenters. The average molecular weight is 413 g/mol. The van der Waals surface area contributed by atoms with Crippen LogP contribution >= 0.6 is 0 Å². The molecule has 0 radical (unpaired) electrons. The summed E-state index contributed by atoms with van der Waals surface area (Å²) in [5.74, 6) is 2.44. The Balaban J connectivity index is 1.93. The van der Waals surface area contributed by atoms with Crippen LogP contribution in [0.15, 0.2) is 18.2 Å². The molecule has 0 bridgehead atoms. The van der Waals surface area contributed by atoms with Crippen LogP contribution in [0, 0.1) is 12.3 Å². The standard InChI is InChI=1S/C22H32N6O2/c1-2-14-9-15(19-5-3-7-27(19)21(29)17(25)12-23)11-16(10-14)20-6-4-8-28(20)22(30)18(26)13-24/h1,9-11,17-20H,3-8,12-13,23-26H2. The maximum Gasteiger partial charge on any atom is 0.241 e. The largest absolute Gasteiger partial charge is 0.334 e. The van der Waals surface area contributed by atoms with Gasteiger partial charge in [-0.2, -0.15) is 0 Å². The molecule has 2 amide bonds. The van der Waals surface area contributed by atoms with Crippen molar-refractivity contribution in [3.63, 3.8) is 0 Å². The highest BCUT2D eigenvalue weighted by Gasteiger charge is 2.35. The van der Waals surface area contributed by atoms with Crippen LogP contribution < -0.4 is 22.9 Å². The van der Waals surface area contributed by atoms with Crippen LogP contribution in [0.25, 0.3) is 0 Å². The van der Waals surface area contributed by atoms with E-state index in [1.54, 1.807) is 9.80 Å². The zero-order valence-corrected chi connectivity index (χ0v) is 17.3. The highest BCUT2D eigenvalue weighted by atomic mass is 16.2. The third kappa shape index (κ3) is 4.35. The van der Waals surface area contributed by atoms with Crippen LogP contribution in [0.1, 0.15) is 54.5 Å². The lowest BCUT2D eigenvalue weighted by molar-refractivity contribution is -0.134. The van der Waals surface area contributed by atoms with Gasteiger partial charge in [0, 0.05) is 31.7 Å². The molecule has 1 aromatic carbocycles. The Kier molecular flexibility index (Phi) is 7.10. The van der Waals surface area contributed by atoms with E-state index in [2.05, 4.69) is 12.0 Å². The summed E-state index contributed by atoms with van der Waals surface area (Å²) in [7, 11) is 0. The Hall–Kier alpha value is -2.44. The third-order valence-electron chi connectivity index (χ3n) is 6.13. The molecule has 3 rings (SSSR count). The second kappa shape index (κ2) is 9.58. The van der Waals surface area contributed by atoms with E-state index in [1.165, 1.54) is 0 Å². The van der Waals surface area contributed by atoms with E-state index in [1.807, 2.05) is 12.1 Å². The molecule has 162 valence electrons. The molecule has 2 aliphatic heterocycles. The van der Waals surface area contributed by atoms with Crippen molar-refractivity contribution in [1.82, 2.24) is 9.80 Å². The third-order valence-corrected chi connectivity index (χ3v) is 6.13. The predicted octanol–water partition coefficient (Wildman–Crippen LogP) is -0.433. The summed E-state index contributed by atoms with van der Waals surface area (Å²) in [5.41, 5.74) is 25.7. The quantitative estimate of drug-likeness (QED) is 0.467. The van der Waals surface area contributed by atoms with Gasteiger partial charge in [-0.15, -0.1) is 6.42 Å². The molecular formula is C22H32N6O2. The van der Waals surface area contributed by atoms with Crippen LogP contribution in [0.5, 0.6) is 0 Å². The van der Waals surface area contributed by atoms with Gasteiger partial charge in [0.1, 0.15) is 0 Å². The molecule has 8 heteroatoms. The summed E-state index contributed by atoms with van der Waals surface area (Å²) >= 11 is 0. The molecule has 0 saturated carbocycles. The lowest BCUT2D eigenvalue weighted by atomic mass is 9.94. The number of benzene rings is 1. The fourth-order valence-electron chi connectivity index (χ4n) is 4.53. The second-order valence-corrected chi connectivity index (χ2v) is 8.10. The normalized spacial score (nSPS) is 23.3. The minimum atomic E-state index is -0.707. The fourth-order valence-corrected chi connectivity index (χ4v) is 4.53. The molecule has 0 aliphatic carbocycles. The molecular weight excluding hydrogens is 380 g/mol. The first-order chi connectivity index (χ1) is 14.4. The van der Waals surface area contributed by atoms with Crippen molar-refractivity contribution in [2.75, 3.05) is 26.2 Å². The number of rotatable bonds is 6. The van der Waals surface area contributed by atoms with Gasteiger partial charge in [0.25, 0.3) is 0 Å². The van der Waals surface area contributed by atoms with E-state index >= 15 is 0 Å². The number of carbonyl (C=O) groups excluding carboxylic acids is 2. The molecule has 1 aromatic rings. The van der Waals surface area contributed by atoms with Crippen molar-refractivity contribution >= 4 is 11.8 Å². The summed E-state index contributed by atoms with van der Waals surface area (Å²) in [5, 5.41) is 0. The molecule has 8 nitrogen and oxygen atoms in total. The van der Waals surface area contributed by atoms with E-state index in [-0.39, 0.29) is 37.0 Å². The summed E-state index contributed by atoms with van der Waals surface area (Å²) < 4.78 is 0. The lowest BCUT2D eigenvalue weighted by Crippen LogP contribution is -2.47. The van der Waals surface area contributed by atoms with Gasteiger partial charge in [-0.05, 0) is 48.9 Å². The molecule has 2 heterocycles. The number of hydrogen-bond donors (Lipinski definition) is 4. The number of nitrogens with two attached hydrogens (primary N) is 4. The number of terminal acetylenes is 1. The molecule has 2 aliphatic rings. The van der Waals surface area contributed by atoms with Crippen molar-refractivity contribution in [3.8, 4) is 12.3 Å². The number of nitrogens with zero attached hydrogens (tertiary/aromatic N) is 2. The molecule has 0 aromatic heterocycles. The molecule has 2 fully saturated rings. The maximum absolute atomic E-state index is 12.7. The fraction of sp³-hybridized carbons (Fsp3) is 0.545. The maximum atomic E-state index is 12.7. The van der Waals surface area contributed by atoms with Crippen molar-refractivity contribution in [2.24, 2.45) is 22.9 Å². The van der Waals surface area contributed by atoms with E-state index in [0.717, 1.165) is 42.4 Å². The van der Waals surface area contributed by atoms with Crippen molar-refractivity contribution < 1.29 is 9.59 Å². The van der Waals surface area contributed by atoms with Gasteiger partial charge in [0.05, 0.1) is 24.2 Å². The van der Waals surface area contributed by atoms with E-state index in [0.29, 0.717) is 13.1 Å². The molecule has 4 atom stereocenters. The summed E-state index contributed by atoms with van der Waals surface area (Å²) in [6.07, 6.45) is 9.18. The van der Waals surface area contributed by atoms with Gasteiger partial charge >= 0.3 is 0 Å². The van der Waals surface area contributed by atoms with Crippen LogP contribution in [0.2, 0.25) is 0 Å². The number of hydrogen-bond acceptors (Lipinski definition) is 6. The van der Waals surface area contributed by atoms with Gasteiger partial charge in [-0.25, -0.2) is 0 Å². The lowest BCUT2D eigenvalue weighted by Gasteiger charge is -2.30. The first-order valence-corrected chi connectivity index (χ1v) is 10.5. The first kappa shape index (κ1) is 22.2. The number of amides is 2. The molecule has 2 saturated heterocycles. The van der Waals surface area contributed by atoms with E-state index in [4.69, 9.17) is 29.4 Å². The van der Waals surface area contributed by atoms with Gasteiger partial charge in [0.2, 0.25) is 11.8 Å². The Morgan fingerprint density at radius 3 is 1.73 bits per heavy atom. The van der Waals surface area contributed by atoms with Crippen LogP contribution in [0.4, 0.5) is 0 Å².